The van der Waals surface area contributed by atoms with E-state index in [0.717, 1.165) is 11.5 Å². The number of rotatable bonds is 0. The van der Waals surface area contributed by atoms with E-state index in [0.29, 0.717) is 0 Å². The van der Waals surface area contributed by atoms with Crippen molar-refractivity contribution in [1.29, 1.82) is 5.39 Å². The van der Waals surface area contributed by atoms with E-state index in [1.165, 1.54) is 0 Å². The molecule has 0 fully saturated rings. The first-order chi connectivity index (χ1) is 3.43. The summed E-state index contributed by atoms with van der Waals surface area (Å²) < 4.78 is 3.43. The maximum absolute atomic E-state index is 7.96. The molecule has 1 rings (SSSR count). The van der Waals surface area contributed by atoms with E-state index >= 15 is 0 Å². The van der Waals surface area contributed by atoms with Crippen LogP contribution in [0.2, 0.25) is 0 Å². The molecule has 0 radical (unpaired) electrons. The lowest BCUT2D eigenvalue weighted by molar-refractivity contribution is 1.16. The fourth-order valence-corrected chi connectivity index (χ4v) is 0.570. The maximum Gasteiger partial charge on any atom is 0.500 e. The molecule has 0 spiro atoms. The fraction of sp³-hybridized carbons (Fsp3) is 0. The standard InChI is InChI=1S/C2HN4S/c3-4-2-1-7-6-5-2/h1H/q+1. The van der Waals surface area contributed by atoms with Crippen LogP contribution < -0.4 is 0 Å². The first-order valence-corrected chi connectivity index (χ1v) is 2.39. The minimum Gasteiger partial charge on any atom is 0.0140 e. The van der Waals surface area contributed by atoms with Gasteiger partial charge in [0.1, 0.15) is 10.5 Å². The lowest BCUT2D eigenvalue weighted by atomic mass is 10.9. The van der Waals surface area contributed by atoms with Crippen LogP contribution in [0.1, 0.15) is 0 Å². The summed E-state index contributed by atoms with van der Waals surface area (Å²) in [6.45, 7) is 0. The van der Waals surface area contributed by atoms with Gasteiger partial charge in [-0.1, -0.05) is 0 Å². The Hall–Kier alpha value is -1.02. The molecule has 5 heteroatoms. The van der Waals surface area contributed by atoms with E-state index in [9.17, 15) is 0 Å². The smallest absolute Gasteiger partial charge is 0.0140 e. The number of aromatic nitrogens is 2. The van der Waals surface area contributed by atoms with E-state index in [4.69, 9.17) is 5.39 Å². The van der Waals surface area contributed by atoms with Crippen LogP contribution in [0.25, 0.3) is 4.98 Å². The minimum atomic E-state index is 0.269. The molecule has 0 saturated heterocycles. The molecular weight excluding hydrogens is 112 g/mol. The molecule has 0 atom stereocenters. The van der Waals surface area contributed by atoms with Crippen molar-refractivity contribution in [2.45, 2.75) is 0 Å². The van der Waals surface area contributed by atoms with Crippen molar-refractivity contribution in [2.75, 3.05) is 0 Å². The molecule has 0 saturated carbocycles. The molecule has 0 aliphatic carbocycles. The quantitative estimate of drug-likeness (QED) is 0.472. The lowest BCUT2D eigenvalue weighted by Crippen LogP contribution is -1.56. The van der Waals surface area contributed by atoms with Gasteiger partial charge in [-0.3, -0.25) is 0 Å². The Morgan fingerprint density at radius 3 is 3.00 bits per heavy atom. The van der Waals surface area contributed by atoms with Crippen LogP contribution in [-0.2, 0) is 0 Å². The van der Waals surface area contributed by atoms with Gasteiger partial charge in [-0.25, -0.2) is 0 Å². The normalized spacial score (nSPS) is 7.86. The van der Waals surface area contributed by atoms with E-state index in [1.54, 1.807) is 5.38 Å². The Balaban J connectivity index is 3.04. The van der Waals surface area contributed by atoms with Crippen LogP contribution in [-0.4, -0.2) is 9.59 Å². The van der Waals surface area contributed by atoms with Crippen LogP contribution in [0.15, 0.2) is 5.38 Å². The third-order valence-electron chi connectivity index (χ3n) is 0.451. The third kappa shape index (κ3) is 0.694. The summed E-state index contributed by atoms with van der Waals surface area (Å²) in [4.78, 5) is 2.77. The van der Waals surface area contributed by atoms with Gasteiger partial charge < -0.3 is 0 Å². The van der Waals surface area contributed by atoms with Gasteiger partial charge in [-0.15, -0.1) is 0 Å². The Kier molecular flexibility index (Phi) is 0.959. The van der Waals surface area contributed by atoms with Crippen molar-refractivity contribution >= 4 is 17.4 Å². The van der Waals surface area contributed by atoms with E-state index < -0.39 is 0 Å². The van der Waals surface area contributed by atoms with Crippen molar-refractivity contribution in [3.05, 3.63) is 10.4 Å². The van der Waals surface area contributed by atoms with Gasteiger partial charge in [0.2, 0.25) is 0 Å². The lowest BCUT2D eigenvalue weighted by Gasteiger charge is -1.41. The van der Waals surface area contributed by atoms with Gasteiger partial charge in [-0.2, -0.15) is 0 Å². The van der Waals surface area contributed by atoms with Crippen molar-refractivity contribution in [2.24, 2.45) is 0 Å². The first-order valence-electron chi connectivity index (χ1n) is 1.55. The topological polar surface area (TPSA) is 53.9 Å². The average Bonchev–Trinajstić information content (AvgIpc) is 2.14. The molecule has 0 N–H and O–H groups in total. The predicted molar refractivity (Wildman–Crippen MR) is 24.7 cm³/mol. The summed E-state index contributed by atoms with van der Waals surface area (Å²) in [7, 11) is 0. The molecule has 1 heterocycles. The molecule has 0 aliphatic rings. The number of nitrogens with zero attached hydrogens (tertiary/aromatic N) is 4. The Labute approximate surface area is 43.6 Å². The molecule has 1 aromatic rings. The van der Waals surface area contributed by atoms with Crippen LogP contribution in [0.5, 0.6) is 0 Å². The van der Waals surface area contributed by atoms with Crippen molar-refractivity contribution < 1.29 is 0 Å². The predicted octanol–water partition coefficient (Wildman–Crippen LogP) is 1.02. The van der Waals surface area contributed by atoms with Gasteiger partial charge in [0.25, 0.3) is 0 Å². The molecule has 0 aliphatic heterocycles. The second-order valence-electron chi connectivity index (χ2n) is 0.863. The third-order valence-corrected chi connectivity index (χ3v) is 0.943. The van der Waals surface area contributed by atoms with Gasteiger partial charge in [0.05, 0.1) is 5.39 Å². The molecule has 34 valence electrons. The fourth-order valence-electron chi connectivity index (χ4n) is 0.203. The Morgan fingerprint density at radius 2 is 2.71 bits per heavy atom. The highest BCUT2D eigenvalue weighted by Crippen LogP contribution is 2.05. The minimum absolute atomic E-state index is 0.269. The highest BCUT2D eigenvalue weighted by Gasteiger charge is 2.04. The Bertz CT molecular complexity index is 172. The van der Waals surface area contributed by atoms with Crippen LogP contribution in [0.3, 0.4) is 0 Å². The van der Waals surface area contributed by atoms with E-state index in [-0.39, 0.29) is 5.82 Å². The number of hydrogen-bond acceptors (Lipinski definition) is 4. The Morgan fingerprint density at radius 1 is 1.86 bits per heavy atom. The van der Waals surface area contributed by atoms with Gasteiger partial charge in [0.15, 0.2) is 0 Å². The molecule has 0 amide bonds. The second kappa shape index (κ2) is 1.62. The summed E-state index contributed by atoms with van der Waals surface area (Å²) in [5.41, 5.74) is 0. The van der Waals surface area contributed by atoms with Crippen LogP contribution in [0, 0.1) is 5.39 Å². The average molecular weight is 113 g/mol. The molecule has 4 nitrogen and oxygen atoms in total. The highest BCUT2D eigenvalue weighted by atomic mass is 32.1. The SMILES string of the molecule is N#[N+]c1csnn1. The molecular formula is C2HN4S+. The molecule has 0 aromatic carbocycles. The van der Waals surface area contributed by atoms with Crippen LogP contribution in [0.4, 0.5) is 5.82 Å². The second-order valence-corrected chi connectivity index (χ2v) is 1.47. The zero-order valence-corrected chi connectivity index (χ0v) is 4.09. The van der Waals surface area contributed by atoms with E-state index in [2.05, 4.69) is 14.6 Å². The zero-order valence-electron chi connectivity index (χ0n) is 3.27. The zero-order chi connectivity index (χ0) is 5.11. The maximum atomic E-state index is 7.96. The largest absolute Gasteiger partial charge is 0.500 e. The molecule has 0 bridgehead atoms. The van der Waals surface area contributed by atoms with Gasteiger partial charge in [-0.05, 0) is 0 Å². The van der Waals surface area contributed by atoms with Gasteiger partial charge in [0, 0.05) is 21.0 Å². The van der Waals surface area contributed by atoms with Crippen LogP contribution >= 0.6 is 11.5 Å². The van der Waals surface area contributed by atoms with Gasteiger partial charge >= 0.3 is 5.82 Å². The molecule has 1 aromatic heterocycles. The monoisotopic (exact) mass is 113 g/mol. The number of diazo groups is 1. The summed E-state index contributed by atoms with van der Waals surface area (Å²) in [6, 6.07) is 0. The van der Waals surface area contributed by atoms with Crippen molar-refractivity contribution in [3.63, 3.8) is 0 Å². The van der Waals surface area contributed by atoms with E-state index in [1.807, 2.05) is 0 Å². The number of hydrogen-bond donors (Lipinski definition) is 0. The first kappa shape index (κ1) is 4.15. The summed E-state index contributed by atoms with van der Waals surface area (Å²) in [5.74, 6) is 0.269. The summed E-state index contributed by atoms with van der Waals surface area (Å²) in [5, 5.41) is 12.9. The van der Waals surface area contributed by atoms with Crippen molar-refractivity contribution in [1.82, 2.24) is 9.59 Å². The van der Waals surface area contributed by atoms with Crippen molar-refractivity contribution in [3.8, 4) is 0 Å². The summed E-state index contributed by atoms with van der Waals surface area (Å²) >= 11 is 1.15. The highest BCUT2D eigenvalue weighted by molar-refractivity contribution is 7.03. The summed E-state index contributed by atoms with van der Waals surface area (Å²) in [6.07, 6.45) is 0. The molecule has 7 heavy (non-hydrogen) atoms. The molecule has 0 unspecified atom stereocenters.